The third-order valence-electron chi connectivity index (χ3n) is 4.82. The van der Waals surface area contributed by atoms with Crippen molar-refractivity contribution in [2.24, 2.45) is 0 Å². The molecule has 1 aliphatic heterocycles. The molecular weight excluding hydrogens is 431 g/mol. The van der Waals surface area contributed by atoms with E-state index in [9.17, 15) is 9.59 Å². The van der Waals surface area contributed by atoms with Crippen LogP contribution >= 0.6 is 23.2 Å². The SMILES string of the molecule is COc1ccc(C(=O)Nc2c(Cl)cncc2Cl)c2oc(C(=O)N3CCNCC3)cc12. The Hall–Kier alpha value is -2.81. The standard InChI is InChI=1S/C20H18Cl2N4O4/c1-29-15-3-2-11(19(27)25-17-13(21)9-24-10-14(17)22)18-12(15)8-16(30-18)20(28)26-6-4-23-5-7-26/h2-3,8-10,23H,4-7H2,1H3,(H,24,25,27). The molecule has 10 heteroatoms. The van der Waals surface area contributed by atoms with Crippen LogP contribution in [0.25, 0.3) is 11.0 Å². The molecule has 1 aliphatic rings. The Kier molecular flexibility index (Phi) is 5.80. The van der Waals surface area contributed by atoms with Crippen LogP contribution in [-0.2, 0) is 0 Å². The summed E-state index contributed by atoms with van der Waals surface area (Å²) in [5, 5.41) is 6.81. The molecule has 0 radical (unpaired) electrons. The summed E-state index contributed by atoms with van der Waals surface area (Å²) in [6.45, 7) is 2.60. The maximum atomic E-state index is 13.0. The number of pyridine rings is 1. The molecule has 2 N–H and O–H groups in total. The molecule has 3 heterocycles. The molecule has 0 unspecified atom stereocenters. The molecule has 0 bridgehead atoms. The van der Waals surface area contributed by atoms with E-state index in [-0.39, 0.29) is 38.5 Å². The Labute approximate surface area is 182 Å². The number of methoxy groups -OCH3 is 1. The van der Waals surface area contributed by atoms with Crippen molar-refractivity contribution >= 4 is 51.7 Å². The fourth-order valence-electron chi connectivity index (χ4n) is 3.30. The van der Waals surface area contributed by atoms with Crippen molar-refractivity contribution in [3.8, 4) is 5.75 Å². The Morgan fingerprint density at radius 1 is 1.20 bits per heavy atom. The van der Waals surface area contributed by atoms with Crippen molar-refractivity contribution in [3.63, 3.8) is 0 Å². The van der Waals surface area contributed by atoms with Crippen LogP contribution in [0.4, 0.5) is 5.69 Å². The predicted molar refractivity (Wildman–Crippen MR) is 114 cm³/mol. The largest absolute Gasteiger partial charge is 0.496 e. The third kappa shape index (κ3) is 3.81. The summed E-state index contributed by atoms with van der Waals surface area (Å²) in [5.74, 6) is -0.0930. The molecule has 3 aromatic rings. The highest BCUT2D eigenvalue weighted by Crippen LogP contribution is 2.34. The molecule has 2 amide bonds. The van der Waals surface area contributed by atoms with Gasteiger partial charge in [0.1, 0.15) is 5.75 Å². The lowest BCUT2D eigenvalue weighted by Crippen LogP contribution is -2.46. The number of benzene rings is 1. The normalized spacial score (nSPS) is 14.0. The van der Waals surface area contributed by atoms with Crippen molar-refractivity contribution in [3.05, 3.63) is 52.0 Å². The van der Waals surface area contributed by atoms with Gasteiger partial charge < -0.3 is 24.7 Å². The molecule has 8 nitrogen and oxygen atoms in total. The quantitative estimate of drug-likeness (QED) is 0.634. The van der Waals surface area contributed by atoms with Crippen molar-refractivity contribution in [1.29, 1.82) is 0 Å². The number of nitrogens with one attached hydrogen (secondary N) is 2. The first-order valence-electron chi connectivity index (χ1n) is 9.20. The molecule has 0 atom stereocenters. The van der Waals surface area contributed by atoms with E-state index in [1.807, 2.05) is 0 Å². The van der Waals surface area contributed by atoms with Crippen LogP contribution in [0.3, 0.4) is 0 Å². The molecule has 1 saturated heterocycles. The smallest absolute Gasteiger partial charge is 0.289 e. The number of hydrogen-bond donors (Lipinski definition) is 2. The summed E-state index contributed by atoms with van der Waals surface area (Å²) in [6.07, 6.45) is 2.76. The van der Waals surface area contributed by atoms with Crippen LogP contribution in [0, 0.1) is 0 Å². The molecule has 156 valence electrons. The second kappa shape index (κ2) is 8.51. The number of carbonyl (C=O) groups excluding carboxylic acids is 2. The van der Waals surface area contributed by atoms with Crippen LogP contribution in [-0.4, -0.2) is 55.0 Å². The van der Waals surface area contributed by atoms with Gasteiger partial charge in [-0.25, -0.2) is 0 Å². The van der Waals surface area contributed by atoms with E-state index in [1.165, 1.54) is 19.5 Å². The van der Waals surface area contributed by atoms with Crippen molar-refractivity contribution in [1.82, 2.24) is 15.2 Å². The zero-order valence-corrected chi connectivity index (χ0v) is 17.5. The van der Waals surface area contributed by atoms with E-state index in [0.29, 0.717) is 24.2 Å². The molecule has 0 saturated carbocycles. The maximum absolute atomic E-state index is 13.0. The predicted octanol–water partition coefficient (Wildman–Crippen LogP) is 3.44. The van der Waals surface area contributed by atoms with Gasteiger partial charge in [-0.2, -0.15) is 0 Å². The number of amides is 2. The Morgan fingerprint density at radius 2 is 1.90 bits per heavy atom. The number of nitrogens with zero attached hydrogens (tertiary/aromatic N) is 2. The van der Waals surface area contributed by atoms with Gasteiger partial charge in [0.2, 0.25) is 0 Å². The first kappa shape index (κ1) is 20.5. The summed E-state index contributed by atoms with van der Waals surface area (Å²) in [5.41, 5.74) is 0.701. The number of carbonyl (C=O) groups is 2. The van der Waals surface area contributed by atoms with Crippen LogP contribution in [0.1, 0.15) is 20.9 Å². The van der Waals surface area contributed by atoms with E-state index in [1.54, 1.807) is 23.1 Å². The first-order valence-corrected chi connectivity index (χ1v) is 9.96. The number of aromatic nitrogens is 1. The average molecular weight is 449 g/mol. The van der Waals surface area contributed by atoms with E-state index in [4.69, 9.17) is 32.4 Å². The molecule has 30 heavy (non-hydrogen) atoms. The van der Waals surface area contributed by atoms with Crippen molar-refractivity contribution in [2.75, 3.05) is 38.6 Å². The van der Waals surface area contributed by atoms with Crippen LogP contribution < -0.4 is 15.4 Å². The van der Waals surface area contributed by atoms with Crippen LogP contribution in [0.2, 0.25) is 10.0 Å². The highest BCUT2D eigenvalue weighted by atomic mass is 35.5. The minimum Gasteiger partial charge on any atom is -0.496 e. The fourth-order valence-corrected chi connectivity index (χ4v) is 3.76. The number of ether oxygens (including phenoxy) is 1. The number of anilines is 1. The van der Waals surface area contributed by atoms with E-state index in [0.717, 1.165) is 13.1 Å². The summed E-state index contributed by atoms with van der Waals surface area (Å²) < 4.78 is 11.2. The molecule has 0 aliphatic carbocycles. The zero-order chi connectivity index (χ0) is 21.3. The number of halogens is 2. The lowest BCUT2D eigenvalue weighted by molar-refractivity contribution is 0.0705. The number of fused-ring (bicyclic) bond motifs is 1. The first-order chi connectivity index (χ1) is 14.5. The third-order valence-corrected chi connectivity index (χ3v) is 5.39. The molecule has 0 spiro atoms. The van der Waals surface area contributed by atoms with Crippen LogP contribution in [0.15, 0.2) is 35.0 Å². The van der Waals surface area contributed by atoms with Crippen molar-refractivity contribution in [2.45, 2.75) is 0 Å². The van der Waals surface area contributed by atoms with Crippen molar-refractivity contribution < 1.29 is 18.7 Å². The number of hydrogen-bond acceptors (Lipinski definition) is 6. The molecular formula is C20H18Cl2N4O4. The summed E-state index contributed by atoms with van der Waals surface area (Å²) in [7, 11) is 1.51. The Balaban J connectivity index is 1.72. The molecule has 4 rings (SSSR count). The second-order valence-corrected chi connectivity index (χ2v) is 7.46. The Morgan fingerprint density at radius 3 is 2.57 bits per heavy atom. The zero-order valence-electron chi connectivity index (χ0n) is 16.0. The number of rotatable bonds is 4. The van der Waals surface area contributed by atoms with Gasteiger partial charge in [-0.15, -0.1) is 0 Å². The average Bonchev–Trinajstić information content (AvgIpc) is 3.21. The molecule has 2 aromatic heterocycles. The summed E-state index contributed by atoms with van der Waals surface area (Å²) in [6, 6.07) is 4.80. The highest BCUT2D eigenvalue weighted by Gasteiger charge is 2.25. The van der Waals surface area contributed by atoms with Gasteiger partial charge in [0.25, 0.3) is 11.8 Å². The lowest BCUT2D eigenvalue weighted by atomic mass is 10.1. The van der Waals surface area contributed by atoms with E-state index in [2.05, 4.69) is 15.6 Å². The summed E-state index contributed by atoms with van der Waals surface area (Å²) in [4.78, 5) is 31.4. The highest BCUT2D eigenvalue weighted by molar-refractivity contribution is 6.39. The summed E-state index contributed by atoms with van der Waals surface area (Å²) >= 11 is 12.2. The lowest BCUT2D eigenvalue weighted by Gasteiger charge is -2.26. The maximum Gasteiger partial charge on any atom is 0.289 e. The van der Waals surface area contributed by atoms with E-state index < -0.39 is 5.91 Å². The number of furan rings is 1. The fraction of sp³-hybridized carbons (Fsp3) is 0.250. The number of piperazine rings is 1. The minimum absolute atomic E-state index is 0.144. The minimum atomic E-state index is -0.492. The van der Waals surface area contributed by atoms with Gasteiger partial charge >= 0.3 is 0 Å². The molecule has 1 aromatic carbocycles. The van der Waals surface area contributed by atoms with Gasteiger partial charge in [0.05, 0.1) is 33.8 Å². The van der Waals surface area contributed by atoms with Gasteiger partial charge in [-0.1, -0.05) is 23.2 Å². The Bertz CT molecular complexity index is 1110. The van der Waals surface area contributed by atoms with Gasteiger partial charge in [-0.05, 0) is 12.1 Å². The van der Waals surface area contributed by atoms with E-state index >= 15 is 0 Å². The van der Waals surface area contributed by atoms with Crippen LogP contribution in [0.5, 0.6) is 5.75 Å². The topological polar surface area (TPSA) is 96.7 Å². The monoisotopic (exact) mass is 448 g/mol. The molecule has 1 fully saturated rings. The van der Waals surface area contributed by atoms with Gasteiger partial charge in [0, 0.05) is 44.6 Å². The van der Waals surface area contributed by atoms with Gasteiger partial charge in [-0.3, -0.25) is 14.6 Å². The second-order valence-electron chi connectivity index (χ2n) is 6.64. The van der Waals surface area contributed by atoms with Gasteiger partial charge in [0.15, 0.2) is 11.3 Å².